The highest BCUT2D eigenvalue weighted by molar-refractivity contribution is 7.92. The lowest BCUT2D eigenvalue weighted by atomic mass is 10.0. The maximum Gasteiger partial charge on any atom is 0.254 e. The van der Waals surface area contributed by atoms with Gasteiger partial charge in [-0.2, -0.15) is 0 Å². The first kappa shape index (κ1) is 16.5. The smallest absolute Gasteiger partial charge is 0.254 e. The van der Waals surface area contributed by atoms with Crippen LogP contribution < -0.4 is 15.6 Å². The van der Waals surface area contributed by atoms with Crippen molar-refractivity contribution in [1.82, 2.24) is 5.43 Å². The van der Waals surface area contributed by atoms with Crippen LogP contribution in [0.1, 0.15) is 32.3 Å². The van der Waals surface area contributed by atoms with Gasteiger partial charge in [-0.25, -0.2) is 14.3 Å². The normalized spacial score (nSPS) is 11.4. The Morgan fingerprint density at radius 3 is 2.45 bits per heavy atom. The molecule has 6 nitrogen and oxygen atoms in total. The first-order chi connectivity index (χ1) is 9.33. The Labute approximate surface area is 120 Å². The molecule has 0 saturated carbocycles. The third kappa shape index (κ3) is 3.71. The van der Waals surface area contributed by atoms with Crippen molar-refractivity contribution in [1.29, 1.82) is 0 Å². The van der Waals surface area contributed by atoms with Crippen LogP contribution in [0.5, 0.6) is 0 Å². The van der Waals surface area contributed by atoms with E-state index in [0.29, 0.717) is 5.69 Å². The van der Waals surface area contributed by atoms with E-state index in [1.807, 2.05) is 31.4 Å². The molecule has 7 heteroatoms. The van der Waals surface area contributed by atoms with Crippen LogP contribution in [0.3, 0.4) is 0 Å². The van der Waals surface area contributed by atoms with Gasteiger partial charge in [-0.05, 0) is 24.5 Å². The fourth-order valence-corrected chi connectivity index (χ4v) is 2.96. The van der Waals surface area contributed by atoms with E-state index in [2.05, 4.69) is 0 Å². The number of benzene rings is 1. The highest BCUT2D eigenvalue weighted by Crippen LogP contribution is 2.29. The molecule has 0 bridgehead atoms. The molecule has 0 spiro atoms. The fraction of sp³-hybridized carbons (Fsp3) is 0.462. The van der Waals surface area contributed by atoms with Crippen molar-refractivity contribution < 1.29 is 13.2 Å². The van der Waals surface area contributed by atoms with E-state index in [9.17, 15) is 13.2 Å². The maximum atomic E-state index is 12.2. The van der Waals surface area contributed by atoms with Crippen molar-refractivity contribution in [2.24, 2.45) is 5.84 Å². The Bertz CT molecular complexity index is 570. The molecule has 0 fully saturated rings. The van der Waals surface area contributed by atoms with Gasteiger partial charge in [0.15, 0.2) is 0 Å². The molecule has 1 aromatic carbocycles. The Morgan fingerprint density at radius 1 is 1.35 bits per heavy atom. The zero-order valence-corrected chi connectivity index (χ0v) is 12.8. The summed E-state index contributed by atoms with van der Waals surface area (Å²) in [5.41, 5.74) is 3.36. The monoisotopic (exact) mass is 299 g/mol. The van der Waals surface area contributed by atoms with E-state index in [0.717, 1.165) is 9.87 Å². The Hall–Kier alpha value is -1.60. The second-order valence-electron chi connectivity index (χ2n) is 4.69. The molecule has 0 aromatic heterocycles. The largest absolute Gasteiger partial charge is 0.293 e. The lowest BCUT2D eigenvalue weighted by Crippen LogP contribution is -2.44. The van der Waals surface area contributed by atoms with Crippen LogP contribution in [0.15, 0.2) is 24.3 Å². The first-order valence-corrected chi connectivity index (χ1v) is 8.03. The van der Waals surface area contributed by atoms with Crippen LogP contribution in [0.4, 0.5) is 5.69 Å². The molecule has 112 valence electrons. The number of anilines is 1. The van der Waals surface area contributed by atoms with Gasteiger partial charge in [0, 0.05) is 0 Å². The van der Waals surface area contributed by atoms with Crippen LogP contribution in [-0.2, 0) is 14.8 Å². The number of amides is 1. The van der Waals surface area contributed by atoms with E-state index in [1.54, 1.807) is 19.1 Å². The highest BCUT2D eigenvalue weighted by Gasteiger charge is 2.25. The predicted molar refractivity (Wildman–Crippen MR) is 79.7 cm³/mol. The number of carbonyl (C=O) groups is 1. The molecule has 0 aliphatic rings. The van der Waals surface area contributed by atoms with E-state index in [4.69, 9.17) is 5.84 Å². The third-order valence-corrected chi connectivity index (χ3v) is 4.70. The second kappa shape index (κ2) is 6.71. The number of hydrogen-bond acceptors (Lipinski definition) is 4. The Kier molecular flexibility index (Phi) is 5.52. The minimum atomic E-state index is -3.56. The summed E-state index contributed by atoms with van der Waals surface area (Å²) in [6, 6.07) is 7.16. The van der Waals surface area contributed by atoms with Crippen LogP contribution >= 0.6 is 0 Å². The number of nitrogens with one attached hydrogen (secondary N) is 1. The molecular weight excluding hydrogens is 278 g/mol. The fourth-order valence-electron chi connectivity index (χ4n) is 1.87. The summed E-state index contributed by atoms with van der Waals surface area (Å²) in [5, 5.41) is 0. The zero-order valence-electron chi connectivity index (χ0n) is 12.0. The number of rotatable bonds is 6. The molecule has 0 saturated heterocycles. The van der Waals surface area contributed by atoms with Crippen molar-refractivity contribution >= 4 is 21.6 Å². The Morgan fingerprint density at radius 2 is 1.95 bits per heavy atom. The highest BCUT2D eigenvalue weighted by atomic mass is 32.2. The number of carbonyl (C=O) groups excluding carboxylic acids is 1. The average molecular weight is 299 g/mol. The van der Waals surface area contributed by atoms with Gasteiger partial charge in [0.25, 0.3) is 5.91 Å². The molecule has 0 aliphatic carbocycles. The van der Waals surface area contributed by atoms with Crippen molar-refractivity contribution in [3.8, 4) is 0 Å². The molecule has 1 aromatic rings. The number of hydrogen-bond donors (Lipinski definition) is 2. The van der Waals surface area contributed by atoms with Crippen molar-refractivity contribution in [3.05, 3.63) is 29.8 Å². The lowest BCUT2D eigenvalue weighted by Gasteiger charge is -2.26. The van der Waals surface area contributed by atoms with Crippen LogP contribution in [0, 0.1) is 0 Å². The van der Waals surface area contributed by atoms with Crippen LogP contribution in [0.2, 0.25) is 0 Å². The van der Waals surface area contributed by atoms with Crippen LogP contribution in [-0.4, -0.2) is 26.6 Å². The minimum Gasteiger partial charge on any atom is -0.293 e. The molecule has 0 heterocycles. The van der Waals surface area contributed by atoms with Gasteiger partial charge in [0.05, 0.1) is 11.4 Å². The number of nitrogens with two attached hydrogens (primary N) is 1. The molecule has 0 radical (unpaired) electrons. The molecule has 3 N–H and O–H groups in total. The zero-order chi connectivity index (χ0) is 15.3. The summed E-state index contributed by atoms with van der Waals surface area (Å²) in [6.45, 7) is 5.16. The number of nitrogens with zero attached hydrogens (tertiary/aromatic N) is 1. The molecule has 0 atom stereocenters. The van der Waals surface area contributed by atoms with Gasteiger partial charge in [-0.3, -0.25) is 14.5 Å². The van der Waals surface area contributed by atoms with E-state index in [-0.39, 0.29) is 18.2 Å². The summed E-state index contributed by atoms with van der Waals surface area (Å²) >= 11 is 0. The summed E-state index contributed by atoms with van der Waals surface area (Å²) in [6.07, 6.45) is 0. The van der Waals surface area contributed by atoms with Gasteiger partial charge in [-0.1, -0.05) is 32.0 Å². The molecule has 1 amide bonds. The lowest BCUT2D eigenvalue weighted by molar-refractivity contribution is -0.119. The van der Waals surface area contributed by atoms with Gasteiger partial charge in [0.2, 0.25) is 10.0 Å². The molecule has 1 rings (SSSR count). The van der Waals surface area contributed by atoms with E-state index < -0.39 is 15.9 Å². The number of para-hydroxylation sites is 1. The third-order valence-electron chi connectivity index (χ3n) is 2.98. The number of hydrazine groups is 1. The number of sulfonamides is 1. The standard InChI is InChI=1S/C13H21N3O3S/c1-4-20(18,19)16(9-13(17)15-14)12-8-6-5-7-11(12)10(2)3/h5-8,10H,4,9,14H2,1-3H3,(H,15,17). The van der Waals surface area contributed by atoms with Crippen molar-refractivity contribution in [2.45, 2.75) is 26.7 Å². The predicted octanol–water partition coefficient (Wildman–Crippen LogP) is 0.956. The molecule has 0 unspecified atom stereocenters. The summed E-state index contributed by atoms with van der Waals surface area (Å²) in [7, 11) is -3.56. The van der Waals surface area contributed by atoms with Gasteiger partial charge >= 0.3 is 0 Å². The molecule has 0 aliphatic heterocycles. The minimum absolute atomic E-state index is 0.0860. The second-order valence-corrected chi connectivity index (χ2v) is 6.87. The summed E-state index contributed by atoms with van der Waals surface area (Å²) < 4.78 is 25.6. The van der Waals surface area contributed by atoms with E-state index >= 15 is 0 Å². The SMILES string of the molecule is CCS(=O)(=O)N(CC(=O)NN)c1ccccc1C(C)C. The Balaban J connectivity index is 3.35. The quantitative estimate of drug-likeness (QED) is 0.465. The van der Waals surface area contributed by atoms with Crippen molar-refractivity contribution in [3.63, 3.8) is 0 Å². The average Bonchev–Trinajstić information content (AvgIpc) is 2.44. The van der Waals surface area contributed by atoms with E-state index in [1.165, 1.54) is 0 Å². The van der Waals surface area contributed by atoms with Crippen molar-refractivity contribution in [2.75, 3.05) is 16.6 Å². The maximum absolute atomic E-state index is 12.2. The topological polar surface area (TPSA) is 92.5 Å². The van der Waals surface area contributed by atoms with Gasteiger partial charge in [0.1, 0.15) is 6.54 Å². The van der Waals surface area contributed by atoms with Gasteiger partial charge < -0.3 is 0 Å². The van der Waals surface area contributed by atoms with Crippen LogP contribution in [0.25, 0.3) is 0 Å². The summed E-state index contributed by atoms with van der Waals surface area (Å²) in [4.78, 5) is 11.5. The molecule has 20 heavy (non-hydrogen) atoms. The van der Waals surface area contributed by atoms with Gasteiger partial charge in [-0.15, -0.1) is 0 Å². The summed E-state index contributed by atoms with van der Waals surface area (Å²) in [5.74, 6) is 4.56. The first-order valence-electron chi connectivity index (χ1n) is 6.42. The molecular formula is C13H21N3O3S.